The van der Waals surface area contributed by atoms with Crippen LogP contribution in [0, 0.1) is 0 Å². The third kappa shape index (κ3) is 19.3. The highest BCUT2D eigenvalue weighted by molar-refractivity contribution is 5.81. The number of amides is 4. The van der Waals surface area contributed by atoms with Crippen LogP contribution in [0.3, 0.4) is 0 Å². The summed E-state index contributed by atoms with van der Waals surface area (Å²) in [5.41, 5.74) is 23.7. The third-order valence-corrected chi connectivity index (χ3v) is 7.25. The summed E-state index contributed by atoms with van der Waals surface area (Å²) in [7, 11) is 0. The number of hydrogen-bond acceptors (Lipinski definition) is 14. The molecule has 4 amide bonds. The summed E-state index contributed by atoms with van der Waals surface area (Å²) >= 11 is 0. The first-order valence-corrected chi connectivity index (χ1v) is 17.2. The maximum absolute atomic E-state index is 12.2. The molecule has 0 radical (unpaired) electrons. The van der Waals surface area contributed by atoms with E-state index < -0.39 is 12.2 Å². The Hall–Kier alpha value is -4.40. The zero-order valence-electron chi connectivity index (χ0n) is 29.6. The number of nitrogens with one attached hydrogen (secondary N) is 4. The molecule has 2 aromatic rings. The van der Waals surface area contributed by atoms with Crippen LogP contribution in [0.5, 0.6) is 11.5 Å². The standard InChI is InChI=1S/C34H56N10O8/c35-9-12-39-31(47)18-43(19-32(48)40-13-10-36)16-27(45)22-51-29-5-1-25(2-6-29)15-26-3-7-30(8-4-26)52-23-28(46)17-44(21-34(50)42-24-38)20-33(49)41-14-11-37/h1-8,27-28,45-46H,9-24,35-38H2,(H,39,47)(H,40,48)(H,41,49)(H,42,50). The number of hydrogen-bond donors (Lipinski definition) is 10. The number of carbonyl (C=O) groups is 4. The summed E-state index contributed by atoms with van der Waals surface area (Å²) < 4.78 is 11.5. The van der Waals surface area contributed by atoms with Crippen molar-refractivity contribution in [3.63, 3.8) is 0 Å². The fraction of sp³-hybridized carbons (Fsp3) is 0.529. The molecule has 18 heteroatoms. The van der Waals surface area contributed by atoms with Gasteiger partial charge in [0.25, 0.3) is 0 Å². The summed E-state index contributed by atoms with van der Waals surface area (Å²) in [6, 6.07) is 14.8. The van der Waals surface area contributed by atoms with Gasteiger partial charge < -0.3 is 63.9 Å². The second kappa shape index (κ2) is 25.5. The van der Waals surface area contributed by atoms with Gasteiger partial charge in [0.2, 0.25) is 23.6 Å². The first-order valence-electron chi connectivity index (χ1n) is 17.2. The van der Waals surface area contributed by atoms with Gasteiger partial charge in [0, 0.05) is 52.4 Å². The van der Waals surface area contributed by atoms with Gasteiger partial charge in [0.1, 0.15) is 36.9 Å². The summed E-state index contributed by atoms with van der Waals surface area (Å²) in [5, 5.41) is 31.6. The molecule has 18 nitrogen and oxygen atoms in total. The van der Waals surface area contributed by atoms with E-state index >= 15 is 0 Å². The van der Waals surface area contributed by atoms with Crippen LogP contribution >= 0.6 is 0 Å². The van der Waals surface area contributed by atoms with E-state index in [1.807, 2.05) is 24.3 Å². The SMILES string of the molecule is NCCNC(=O)CN(CC(=O)NCN)CC(O)COc1ccc(Cc2ccc(OCC(O)CN(CC(=O)NCCN)CC(=O)NCCN)cc2)cc1. The van der Waals surface area contributed by atoms with Crippen LogP contribution in [-0.4, -0.2) is 154 Å². The van der Waals surface area contributed by atoms with Gasteiger partial charge in [0.05, 0.1) is 32.8 Å². The Balaban J connectivity index is 1.84. The normalized spacial score (nSPS) is 12.2. The number of nitrogens with two attached hydrogens (primary N) is 4. The number of ether oxygens (including phenoxy) is 2. The number of rotatable bonds is 27. The Bertz CT molecular complexity index is 1310. The van der Waals surface area contributed by atoms with Gasteiger partial charge in [-0.25, -0.2) is 0 Å². The van der Waals surface area contributed by atoms with Crippen LogP contribution in [0.2, 0.25) is 0 Å². The minimum Gasteiger partial charge on any atom is -0.491 e. The van der Waals surface area contributed by atoms with E-state index in [0.717, 1.165) is 11.1 Å². The van der Waals surface area contributed by atoms with Crippen molar-refractivity contribution in [3.05, 3.63) is 59.7 Å². The predicted molar refractivity (Wildman–Crippen MR) is 195 cm³/mol. The first kappa shape index (κ1) is 43.8. The smallest absolute Gasteiger partial charge is 0.235 e. The molecule has 2 aromatic carbocycles. The lowest BCUT2D eigenvalue weighted by atomic mass is 10.0. The summed E-state index contributed by atoms with van der Waals surface area (Å²) in [6.07, 6.45) is -1.32. The molecule has 2 rings (SSSR count). The topological polar surface area (TPSA) is 286 Å². The molecule has 0 aliphatic rings. The number of aliphatic hydroxyl groups is 2. The van der Waals surface area contributed by atoms with Gasteiger partial charge in [-0.1, -0.05) is 24.3 Å². The van der Waals surface area contributed by atoms with Crippen molar-refractivity contribution in [2.45, 2.75) is 18.6 Å². The molecule has 0 aromatic heterocycles. The molecule has 290 valence electrons. The van der Waals surface area contributed by atoms with Crippen molar-refractivity contribution in [2.75, 3.05) is 98.4 Å². The maximum atomic E-state index is 12.2. The molecular weight excluding hydrogens is 676 g/mol. The fourth-order valence-corrected chi connectivity index (χ4v) is 4.88. The van der Waals surface area contributed by atoms with Gasteiger partial charge in [0.15, 0.2) is 0 Å². The van der Waals surface area contributed by atoms with Gasteiger partial charge in [-0.2, -0.15) is 0 Å². The predicted octanol–water partition coefficient (Wildman–Crippen LogP) is -4.38. The zero-order chi connectivity index (χ0) is 38.1. The third-order valence-electron chi connectivity index (χ3n) is 7.25. The minimum absolute atomic E-state index is 0.0198. The molecule has 14 N–H and O–H groups in total. The van der Waals surface area contributed by atoms with E-state index in [1.54, 1.807) is 24.3 Å². The van der Waals surface area contributed by atoms with Crippen molar-refractivity contribution in [1.29, 1.82) is 0 Å². The lowest BCUT2D eigenvalue weighted by Crippen LogP contribution is -2.47. The van der Waals surface area contributed by atoms with E-state index in [2.05, 4.69) is 21.3 Å². The van der Waals surface area contributed by atoms with Gasteiger partial charge >= 0.3 is 0 Å². The largest absolute Gasteiger partial charge is 0.491 e. The van der Waals surface area contributed by atoms with Crippen LogP contribution in [0.4, 0.5) is 0 Å². The highest BCUT2D eigenvalue weighted by Crippen LogP contribution is 2.18. The van der Waals surface area contributed by atoms with Crippen LogP contribution in [-0.2, 0) is 25.6 Å². The van der Waals surface area contributed by atoms with E-state index in [0.29, 0.717) is 37.6 Å². The lowest BCUT2D eigenvalue weighted by Gasteiger charge is -2.24. The number of carbonyl (C=O) groups excluding carboxylic acids is 4. The monoisotopic (exact) mass is 732 g/mol. The average Bonchev–Trinajstić information content (AvgIpc) is 3.11. The highest BCUT2D eigenvalue weighted by atomic mass is 16.5. The van der Waals surface area contributed by atoms with Crippen LogP contribution in [0.1, 0.15) is 11.1 Å². The lowest BCUT2D eigenvalue weighted by molar-refractivity contribution is -0.127. The molecule has 52 heavy (non-hydrogen) atoms. The second-order valence-electron chi connectivity index (χ2n) is 12.0. The molecule has 0 saturated carbocycles. The van der Waals surface area contributed by atoms with Crippen molar-refractivity contribution >= 4 is 23.6 Å². The Labute approximate surface area is 304 Å². The molecule has 0 heterocycles. The van der Waals surface area contributed by atoms with Gasteiger partial charge in [-0.15, -0.1) is 0 Å². The van der Waals surface area contributed by atoms with Crippen LogP contribution in [0.25, 0.3) is 0 Å². The summed E-state index contributed by atoms with van der Waals surface area (Å²) in [4.78, 5) is 51.6. The fourth-order valence-electron chi connectivity index (χ4n) is 4.88. The molecule has 0 aliphatic heterocycles. The van der Waals surface area contributed by atoms with E-state index in [4.69, 9.17) is 32.4 Å². The number of nitrogens with zero attached hydrogens (tertiary/aromatic N) is 2. The zero-order valence-corrected chi connectivity index (χ0v) is 29.6. The Morgan fingerprint density at radius 2 is 0.885 bits per heavy atom. The van der Waals surface area contributed by atoms with Gasteiger partial charge in [-0.3, -0.25) is 29.0 Å². The molecule has 2 atom stereocenters. The van der Waals surface area contributed by atoms with Crippen molar-refractivity contribution < 1.29 is 38.9 Å². The Morgan fingerprint density at radius 1 is 0.558 bits per heavy atom. The molecule has 0 bridgehead atoms. The Kier molecular flexibility index (Phi) is 21.5. The van der Waals surface area contributed by atoms with Crippen LogP contribution in [0.15, 0.2) is 48.5 Å². The van der Waals surface area contributed by atoms with E-state index in [1.165, 1.54) is 9.80 Å². The van der Waals surface area contributed by atoms with Crippen molar-refractivity contribution in [2.24, 2.45) is 22.9 Å². The summed E-state index contributed by atoms with van der Waals surface area (Å²) in [5.74, 6) is -0.220. The molecule has 0 spiro atoms. The molecule has 2 unspecified atom stereocenters. The second-order valence-corrected chi connectivity index (χ2v) is 12.0. The number of aliphatic hydroxyl groups excluding tert-OH is 2. The minimum atomic E-state index is -0.977. The number of benzene rings is 2. The van der Waals surface area contributed by atoms with E-state index in [-0.39, 0.29) is 102 Å². The Morgan fingerprint density at radius 3 is 1.19 bits per heavy atom. The van der Waals surface area contributed by atoms with Crippen molar-refractivity contribution in [3.8, 4) is 11.5 Å². The quantitative estimate of drug-likeness (QED) is 0.0389. The van der Waals surface area contributed by atoms with E-state index in [9.17, 15) is 29.4 Å². The molecule has 0 aliphatic carbocycles. The molecular formula is C34H56N10O8. The average molecular weight is 733 g/mol. The van der Waals surface area contributed by atoms with Crippen molar-refractivity contribution in [1.82, 2.24) is 31.1 Å². The highest BCUT2D eigenvalue weighted by Gasteiger charge is 2.20. The first-order chi connectivity index (χ1) is 25.0. The summed E-state index contributed by atoms with van der Waals surface area (Å²) in [6.45, 7) is 1.26. The molecule has 0 fully saturated rings. The van der Waals surface area contributed by atoms with Gasteiger partial charge in [-0.05, 0) is 41.8 Å². The van der Waals surface area contributed by atoms with Crippen LogP contribution < -0.4 is 53.7 Å². The molecule has 0 saturated heterocycles. The maximum Gasteiger partial charge on any atom is 0.235 e.